The fourth-order valence-corrected chi connectivity index (χ4v) is 1.68. The molecule has 0 unspecified atom stereocenters. The van der Waals surface area contributed by atoms with Crippen molar-refractivity contribution < 1.29 is 31.1 Å². The Morgan fingerprint density at radius 2 is 1.65 bits per heavy atom. The second-order valence-corrected chi connectivity index (χ2v) is 4.49. The second kappa shape index (κ2) is 5.51. The molecule has 0 amide bonds. The van der Waals surface area contributed by atoms with Crippen molar-refractivity contribution >= 4 is 21.8 Å². The number of nitrogens with two attached hydrogens (primary N) is 1. The van der Waals surface area contributed by atoms with E-state index in [1.807, 2.05) is 0 Å². The van der Waals surface area contributed by atoms with Gasteiger partial charge in [-0.15, -0.1) is 0 Å². The third-order valence-electron chi connectivity index (χ3n) is 2.08. The van der Waals surface area contributed by atoms with Gasteiger partial charge in [-0.2, -0.15) is 26.3 Å². The van der Waals surface area contributed by atoms with E-state index in [-0.39, 0.29) is 15.9 Å². The Labute approximate surface area is 117 Å². The van der Waals surface area contributed by atoms with Crippen molar-refractivity contribution in [1.29, 1.82) is 5.41 Å². The molecule has 10 heteroatoms. The van der Waals surface area contributed by atoms with E-state index < -0.39 is 24.2 Å². The summed E-state index contributed by atoms with van der Waals surface area (Å²) in [5.74, 6) is -1.05. The van der Waals surface area contributed by atoms with Gasteiger partial charge < -0.3 is 10.5 Å². The third-order valence-corrected chi connectivity index (χ3v) is 2.70. The molecule has 0 bridgehead atoms. The van der Waals surface area contributed by atoms with Crippen molar-refractivity contribution in [3.8, 4) is 5.75 Å². The molecule has 0 spiro atoms. The number of ether oxygens (including phenoxy) is 1. The number of hydrogen-bond donors (Lipinski definition) is 2. The van der Waals surface area contributed by atoms with Crippen LogP contribution in [0.25, 0.3) is 0 Å². The highest BCUT2D eigenvalue weighted by molar-refractivity contribution is 9.10. The molecule has 0 heterocycles. The Balaban J connectivity index is 3.10. The molecule has 0 aromatic heterocycles. The highest BCUT2D eigenvalue weighted by atomic mass is 79.9. The standard InChI is InChI=1S/C10H7BrF6N2O/c11-5-3-4(7(18)19)1-2-6(5)20-8(9(12,13)14)10(15,16)17/h1-3,8H,(H3,18,19). The number of amidine groups is 1. The van der Waals surface area contributed by atoms with Crippen LogP contribution in [0.3, 0.4) is 0 Å². The summed E-state index contributed by atoms with van der Waals surface area (Å²) in [6.45, 7) is 0. The lowest BCUT2D eigenvalue weighted by atomic mass is 10.2. The Bertz CT molecular complexity index is 499. The van der Waals surface area contributed by atoms with Crippen LogP contribution in [0.15, 0.2) is 22.7 Å². The smallest absolute Gasteiger partial charge is 0.434 e. The first-order chi connectivity index (χ1) is 8.93. The Kier molecular flexibility index (Phi) is 4.57. The molecule has 0 saturated carbocycles. The molecule has 1 rings (SSSR count). The van der Waals surface area contributed by atoms with Crippen molar-refractivity contribution in [1.82, 2.24) is 0 Å². The molecule has 1 aromatic carbocycles. The predicted octanol–water partition coefficient (Wildman–Crippen LogP) is 3.61. The summed E-state index contributed by atoms with van der Waals surface area (Å²) in [4.78, 5) is 0. The molecule has 1 aromatic rings. The number of nitrogens with one attached hydrogen (secondary N) is 1. The maximum atomic E-state index is 12.3. The monoisotopic (exact) mass is 364 g/mol. The van der Waals surface area contributed by atoms with Gasteiger partial charge in [0, 0.05) is 5.56 Å². The maximum Gasteiger partial charge on any atom is 0.434 e. The lowest BCUT2D eigenvalue weighted by Crippen LogP contribution is -2.46. The van der Waals surface area contributed by atoms with E-state index >= 15 is 0 Å². The number of rotatable bonds is 3. The molecule has 0 aliphatic rings. The number of alkyl halides is 6. The van der Waals surface area contributed by atoms with Gasteiger partial charge in [0.2, 0.25) is 0 Å². The zero-order valence-electron chi connectivity index (χ0n) is 9.44. The fourth-order valence-electron chi connectivity index (χ4n) is 1.21. The topological polar surface area (TPSA) is 59.1 Å². The SMILES string of the molecule is N=C(N)c1ccc(OC(C(F)(F)F)C(F)(F)F)c(Br)c1. The quantitative estimate of drug-likeness (QED) is 0.489. The van der Waals surface area contributed by atoms with Crippen LogP contribution < -0.4 is 10.5 Å². The van der Waals surface area contributed by atoms with Gasteiger partial charge in [0.15, 0.2) is 0 Å². The van der Waals surface area contributed by atoms with Crippen LogP contribution in [-0.4, -0.2) is 24.3 Å². The molecule has 0 fully saturated rings. The lowest BCUT2D eigenvalue weighted by Gasteiger charge is -2.24. The van der Waals surface area contributed by atoms with Gasteiger partial charge in [0.05, 0.1) is 4.47 Å². The normalized spacial score (nSPS) is 12.6. The van der Waals surface area contributed by atoms with E-state index in [0.717, 1.165) is 18.2 Å². The summed E-state index contributed by atoms with van der Waals surface area (Å²) < 4.78 is 77.8. The number of benzene rings is 1. The predicted molar refractivity (Wildman–Crippen MR) is 61.7 cm³/mol. The molecule has 112 valence electrons. The van der Waals surface area contributed by atoms with Gasteiger partial charge in [-0.05, 0) is 34.1 Å². The van der Waals surface area contributed by atoms with Gasteiger partial charge in [-0.1, -0.05) is 0 Å². The van der Waals surface area contributed by atoms with Gasteiger partial charge >= 0.3 is 12.4 Å². The van der Waals surface area contributed by atoms with Crippen LogP contribution in [-0.2, 0) is 0 Å². The molecular weight excluding hydrogens is 358 g/mol. The minimum Gasteiger partial charge on any atom is -0.470 e. The van der Waals surface area contributed by atoms with Crippen LogP contribution in [0.5, 0.6) is 5.75 Å². The van der Waals surface area contributed by atoms with E-state index in [1.54, 1.807) is 0 Å². The van der Waals surface area contributed by atoms with Crippen LogP contribution in [0.1, 0.15) is 5.56 Å². The highest BCUT2D eigenvalue weighted by Crippen LogP contribution is 2.38. The molecular formula is C10H7BrF6N2O. The summed E-state index contributed by atoms with van der Waals surface area (Å²) in [6.07, 6.45) is -15.1. The van der Waals surface area contributed by atoms with Crippen molar-refractivity contribution in [3.63, 3.8) is 0 Å². The molecule has 0 radical (unpaired) electrons. The first kappa shape index (κ1) is 16.6. The molecule has 3 nitrogen and oxygen atoms in total. The van der Waals surface area contributed by atoms with Crippen LogP contribution in [0, 0.1) is 5.41 Å². The zero-order valence-corrected chi connectivity index (χ0v) is 11.0. The summed E-state index contributed by atoms with van der Waals surface area (Å²) in [5, 5.41) is 7.10. The minimum absolute atomic E-state index is 0.125. The van der Waals surface area contributed by atoms with E-state index in [2.05, 4.69) is 20.7 Å². The van der Waals surface area contributed by atoms with E-state index in [9.17, 15) is 26.3 Å². The molecule has 0 aliphatic carbocycles. The Morgan fingerprint density at radius 3 is 2.00 bits per heavy atom. The number of halogens is 7. The van der Waals surface area contributed by atoms with Crippen molar-refractivity contribution in [3.05, 3.63) is 28.2 Å². The minimum atomic E-state index is -5.60. The molecule has 0 saturated heterocycles. The summed E-state index contributed by atoms with van der Waals surface area (Å²) in [5.41, 5.74) is 5.26. The average molecular weight is 365 g/mol. The summed E-state index contributed by atoms with van der Waals surface area (Å²) in [6, 6.07) is 3.03. The van der Waals surface area contributed by atoms with E-state index in [1.165, 1.54) is 0 Å². The van der Waals surface area contributed by atoms with E-state index in [0.29, 0.717) is 0 Å². The number of nitrogen functional groups attached to an aromatic ring is 1. The first-order valence-electron chi connectivity index (χ1n) is 4.87. The largest absolute Gasteiger partial charge is 0.470 e. The van der Waals surface area contributed by atoms with Crippen LogP contribution >= 0.6 is 15.9 Å². The molecule has 3 N–H and O–H groups in total. The van der Waals surface area contributed by atoms with Crippen molar-refractivity contribution in [2.75, 3.05) is 0 Å². The first-order valence-corrected chi connectivity index (χ1v) is 5.66. The van der Waals surface area contributed by atoms with Crippen molar-refractivity contribution in [2.24, 2.45) is 5.73 Å². The van der Waals surface area contributed by atoms with Gasteiger partial charge in [0.25, 0.3) is 6.10 Å². The fraction of sp³-hybridized carbons (Fsp3) is 0.300. The van der Waals surface area contributed by atoms with E-state index in [4.69, 9.17) is 11.1 Å². The Morgan fingerprint density at radius 1 is 1.15 bits per heavy atom. The van der Waals surface area contributed by atoms with Gasteiger partial charge in [-0.25, -0.2) is 0 Å². The summed E-state index contributed by atoms with van der Waals surface area (Å²) in [7, 11) is 0. The second-order valence-electron chi connectivity index (χ2n) is 3.64. The average Bonchev–Trinajstić information content (AvgIpc) is 2.23. The van der Waals surface area contributed by atoms with Crippen molar-refractivity contribution in [2.45, 2.75) is 18.5 Å². The zero-order chi connectivity index (χ0) is 15.7. The Hall–Kier alpha value is -1.45. The summed E-state index contributed by atoms with van der Waals surface area (Å²) >= 11 is 2.77. The highest BCUT2D eigenvalue weighted by Gasteiger charge is 2.59. The van der Waals surface area contributed by atoms with Gasteiger partial charge in [0.1, 0.15) is 11.6 Å². The molecule has 0 atom stereocenters. The van der Waals surface area contributed by atoms with Gasteiger partial charge in [-0.3, -0.25) is 5.41 Å². The van der Waals surface area contributed by atoms with Crippen LogP contribution in [0.4, 0.5) is 26.3 Å². The molecule has 20 heavy (non-hydrogen) atoms. The molecule has 0 aliphatic heterocycles. The van der Waals surface area contributed by atoms with Crippen LogP contribution in [0.2, 0.25) is 0 Å². The maximum absolute atomic E-state index is 12.3. The third kappa shape index (κ3) is 4.02. The number of hydrogen-bond acceptors (Lipinski definition) is 2. The lowest BCUT2D eigenvalue weighted by molar-refractivity contribution is -0.300.